The van der Waals surface area contributed by atoms with Crippen LogP contribution in [0.3, 0.4) is 0 Å². The second-order valence-electron chi connectivity index (χ2n) is 6.52. The van der Waals surface area contributed by atoms with Gasteiger partial charge in [0.2, 0.25) is 0 Å². The predicted octanol–water partition coefficient (Wildman–Crippen LogP) is 2.80. The lowest BCUT2D eigenvalue weighted by Gasteiger charge is -2.28. The molecule has 7 nitrogen and oxygen atoms in total. The van der Waals surface area contributed by atoms with Gasteiger partial charge in [0.05, 0.1) is 18.8 Å². The average molecular weight is 379 g/mol. The van der Waals surface area contributed by atoms with E-state index in [1.54, 1.807) is 6.20 Å². The van der Waals surface area contributed by atoms with E-state index in [1.165, 1.54) is 0 Å². The molecule has 7 heteroatoms. The second-order valence-corrected chi connectivity index (χ2v) is 6.52. The van der Waals surface area contributed by atoms with Crippen molar-refractivity contribution in [1.82, 2.24) is 4.98 Å². The van der Waals surface area contributed by atoms with Crippen LogP contribution in [0.5, 0.6) is 0 Å². The maximum atomic E-state index is 12.3. The molecule has 0 spiro atoms. The molecule has 0 saturated carbocycles. The van der Waals surface area contributed by atoms with E-state index in [2.05, 4.69) is 15.2 Å². The quantitative estimate of drug-likeness (QED) is 0.666. The van der Waals surface area contributed by atoms with Crippen molar-refractivity contribution in [2.45, 2.75) is 0 Å². The summed E-state index contributed by atoms with van der Waals surface area (Å²) in [6.45, 7) is 2.81. The molecule has 2 N–H and O–H groups in total. The first kappa shape index (κ1) is 18.1. The molecule has 28 heavy (non-hydrogen) atoms. The first-order valence-electron chi connectivity index (χ1n) is 9.16. The lowest BCUT2D eigenvalue weighted by molar-refractivity contribution is -0.119. The number of benzene rings is 2. The summed E-state index contributed by atoms with van der Waals surface area (Å²) in [5.74, 6) is -0.914. The second kappa shape index (κ2) is 8.14. The Bertz CT molecular complexity index is 975. The summed E-state index contributed by atoms with van der Waals surface area (Å²) in [5.41, 5.74) is 3.01. The van der Waals surface area contributed by atoms with E-state index in [-0.39, 0.29) is 12.5 Å². The summed E-state index contributed by atoms with van der Waals surface area (Å²) < 4.78 is 10.5. The number of H-pyrrole nitrogens is 1. The molecule has 2 heterocycles. The largest absolute Gasteiger partial charge is 0.452 e. The summed E-state index contributed by atoms with van der Waals surface area (Å²) in [7, 11) is 0. The van der Waals surface area contributed by atoms with Crippen molar-refractivity contribution in [2.75, 3.05) is 43.1 Å². The molecule has 4 rings (SSSR count). The number of aromatic amines is 1. The maximum Gasteiger partial charge on any atom is 0.340 e. The predicted molar refractivity (Wildman–Crippen MR) is 107 cm³/mol. The lowest BCUT2D eigenvalue weighted by Crippen LogP contribution is -2.36. The number of ether oxygens (including phenoxy) is 2. The Morgan fingerprint density at radius 2 is 1.82 bits per heavy atom. The van der Waals surface area contributed by atoms with Crippen LogP contribution in [0.25, 0.3) is 10.9 Å². The van der Waals surface area contributed by atoms with Crippen LogP contribution in [-0.2, 0) is 14.3 Å². The van der Waals surface area contributed by atoms with E-state index in [0.29, 0.717) is 11.3 Å². The molecule has 3 aromatic rings. The number of para-hydroxylation sites is 1. The zero-order valence-corrected chi connectivity index (χ0v) is 15.3. The van der Waals surface area contributed by atoms with Crippen LogP contribution >= 0.6 is 0 Å². The normalized spacial score (nSPS) is 14.1. The van der Waals surface area contributed by atoms with Crippen LogP contribution in [0.1, 0.15) is 10.4 Å². The number of esters is 1. The molecule has 0 aliphatic carbocycles. The van der Waals surface area contributed by atoms with Crippen LogP contribution in [0.15, 0.2) is 54.7 Å². The van der Waals surface area contributed by atoms with Gasteiger partial charge in [0, 0.05) is 41.6 Å². The first-order valence-corrected chi connectivity index (χ1v) is 9.16. The van der Waals surface area contributed by atoms with E-state index in [0.717, 1.165) is 42.9 Å². The summed E-state index contributed by atoms with van der Waals surface area (Å²) in [4.78, 5) is 29.6. The smallest absolute Gasteiger partial charge is 0.340 e. The molecule has 1 saturated heterocycles. The van der Waals surface area contributed by atoms with E-state index >= 15 is 0 Å². The highest BCUT2D eigenvalue weighted by Gasteiger charge is 2.15. The fraction of sp³-hybridized carbons (Fsp3) is 0.238. The summed E-state index contributed by atoms with van der Waals surface area (Å²) in [6, 6.07) is 15.0. The van der Waals surface area contributed by atoms with Gasteiger partial charge in [0.1, 0.15) is 0 Å². The molecule has 0 unspecified atom stereocenters. The molecule has 144 valence electrons. The van der Waals surface area contributed by atoms with Gasteiger partial charge in [-0.05, 0) is 30.3 Å². The minimum absolute atomic E-state index is 0.344. The van der Waals surface area contributed by atoms with Crippen LogP contribution in [0, 0.1) is 0 Å². The van der Waals surface area contributed by atoms with Crippen LogP contribution in [0.4, 0.5) is 11.4 Å². The number of aromatic nitrogens is 1. The number of carbonyl (C=O) groups excluding carboxylic acids is 2. The average Bonchev–Trinajstić information content (AvgIpc) is 3.17. The molecule has 1 aromatic heterocycles. The third kappa shape index (κ3) is 3.99. The first-order chi connectivity index (χ1) is 13.7. The maximum absolute atomic E-state index is 12.3. The number of nitrogens with zero attached hydrogens (tertiary/aromatic N) is 1. The van der Waals surface area contributed by atoms with Gasteiger partial charge in [-0.1, -0.05) is 18.2 Å². The minimum Gasteiger partial charge on any atom is -0.452 e. The number of nitrogens with one attached hydrogen (secondary N) is 2. The van der Waals surface area contributed by atoms with E-state index in [4.69, 9.17) is 9.47 Å². The molecule has 2 aromatic carbocycles. The summed E-state index contributed by atoms with van der Waals surface area (Å²) in [6.07, 6.45) is 1.59. The van der Waals surface area contributed by atoms with Gasteiger partial charge >= 0.3 is 5.97 Å². The highest BCUT2D eigenvalue weighted by atomic mass is 16.5. The van der Waals surface area contributed by atoms with Gasteiger partial charge < -0.3 is 24.7 Å². The molecule has 1 fully saturated rings. The Kier molecular flexibility index (Phi) is 5.25. The monoisotopic (exact) mass is 379 g/mol. The third-order valence-electron chi connectivity index (χ3n) is 4.67. The van der Waals surface area contributed by atoms with Gasteiger partial charge in [-0.25, -0.2) is 4.79 Å². The molecular weight excluding hydrogens is 358 g/mol. The van der Waals surface area contributed by atoms with Gasteiger partial charge in [0.25, 0.3) is 5.91 Å². The molecule has 0 radical (unpaired) electrons. The number of hydrogen-bond donors (Lipinski definition) is 2. The number of hydrogen-bond acceptors (Lipinski definition) is 5. The fourth-order valence-electron chi connectivity index (χ4n) is 3.22. The Balaban J connectivity index is 1.31. The third-order valence-corrected chi connectivity index (χ3v) is 4.67. The lowest BCUT2D eigenvalue weighted by atomic mass is 10.2. The van der Waals surface area contributed by atoms with Crippen molar-refractivity contribution in [3.05, 3.63) is 60.3 Å². The summed E-state index contributed by atoms with van der Waals surface area (Å²) >= 11 is 0. The Morgan fingerprint density at radius 3 is 2.61 bits per heavy atom. The summed E-state index contributed by atoms with van der Waals surface area (Å²) in [5, 5.41) is 3.51. The standard InChI is InChI=1S/C21H21N3O4/c25-20(14-28-21(26)18-13-22-19-4-2-1-3-17(18)19)23-15-5-7-16(8-6-15)24-9-11-27-12-10-24/h1-8,13,22H,9-12,14H2,(H,23,25). The highest BCUT2D eigenvalue weighted by molar-refractivity contribution is 6.05. The zero-order chi connectivity index (χ0) is 19.3. The van der Waals surface area contributed by atoms with Crippen LogP contribution in [-0.4, -0.2) is 49.8 Å². The number of amides is 1. The van der Waals surface area contributed by atoms with Crippen molar-refractivity contribution in [1.29, 1.82) is 0 Å². The zero-order valence-electron chi connectivity index (χ0n) is 15.3. The number of morpholine rings is 1. The van der Waals surface area contributed by atoms with Crippen LogP contribution in [0.2, 0.25) is 0 Å². The van der Waals surface area contributed by atoms with Crippen molar-refractivity contribution in [3.63, 3.8) is 0 Å². The Labute approximate surface area is 162 Å². The number of fused-ring (bicyclic) bond motifs is 1. The Morgan fingerprint density at radius 1 is 1.07 bits per heavy atom. The van der Waals surface area contributed by atoms with Crippen molar-refractivity contribution in [3.8, 4) is 0 Å². The number of anilines is 2. The van der Waals surface area contributed by atoms with E-state index in [9.17, 15) is 9.59 Å². The van der Waals surface area contributed by atoms with Crippen molar-refractivity contribution >= 4 is 34.2 Å². The van der Waals surface area contributed by atoms with Gasteiger partial charge in [0.15, 0.2) is 6.61 Å². The molecule has 1 aliphatic heterocycles. The van der Waals surface area contributed by atoms with Crippen molar-refractivity contribution < 1.29 is 19.1 Å². The molecule has 1 amide bonds. The Hall–Kier alpha value is -3.32. The SMILES string of the molecule is O=C(COC(=O)c1c[nH]c2ccccc12)Nc1ccc(N2CCOCC2)cc1. The van der Waals surface area contributed by atoms with E-state index < -0.39 is 5.97 Å². The number of carbonyl (C=O) groups is 2. The van der Waals surface area contributed by atoms with E-state index in [1.807, 2.05) is 48.5 Å². The van der Waals surface area contributed by atoms with Crippen LogP contribution < -0.4 is 10.2 Å². The minimum atomic E-state index is -0.532. The van der Waals surface area contributed by atoms with Gasteiger partial charge in [-0.3, -0.25) is 4.79 Å². The van der Waals surface area contributed by atoms with Gasteiger partial charge in [-0.15, -0.1) is 0 Å². The highest BCUT2D eigenvalue weighted by Crippen LogP contribution is 2.20. The number of rotatable bonds is 5. The van der Waals surface area contributed by atoms with Gasteiger partial charge in [-0.2, -0.15) is 0 Å². The molecular formula is C21H21N3O4. The molecule has 1 aliphatic rings. The molecule has 0 atom stereocenters. The molecule has 0 bridgehead atoms. The fourth-order valence-corrected chi connectivity index (χ4v) is 3.22. The topological polar surface area (TPSA) is 83.7 Å². The van der Waals surface area contributed by atoms with Crippen molar-refractivity contribution in [2.24, 2.45) is 0 Å².